The number of likely N-dealkylation sites (tertiary alicyclic amines) is 2. The lowest BCUT2D eigenvalue weighted by Crippen LogP contribution is -2.25. The van der Waals surface area contributed by atoms with Crippen molar-refractivity contribution in [3.63, 3.8) is 0 Å². The minimum Gasteiger partial charge on any atom is -0.476 e. The van der Waals surface area contributed by atoms with E-state index in [0.29, 0.717) is 12.5 Å². The molecule has 38 heavy (non-hydrogen) atoms. The van der Waals surface area contributed by atoms with Crippen molar-refractivity contribution in [2.75, 3.05) is 45.1 Å². The molecule has 2 aliphatic rings. The van der Waals surface area contributed by atoms with Gasteiger partial charge in [0.2, 0.25) is 5.88 Å². The third kappa shape index (κ3) is 5.73. The van der Waals surface area contributed by atoms with E-state index in [1.165, 1.54) is 89.1 Å². The molecule has 2 aliphatic heterocycles. The number of thiophene rings is 1. The summed E-state index contributed by atoms with van der Waals surface area (Å²) in [7, 11) is 0. The first-order chi connectivity index (χ1) is 18.6. The second kappa shape index (κ2) is 11.4. The number of rotatable bonds is 9. The zero-order chi connectivity index (χ0) is 25.9. The van der Waals surface area contributed by atoms with E-state index in [1.807, 2.05) is 18.3 Å². The van der Waals surface area contributed by atoms with Gasteiger partial charge in [0.25, 0.3) is 0 Å². The first kappa shape index (κ1) is 25.4. The molecule has 2 fully saturated rings. The molecule has 198 valence electrons. The summed E-state index contributed by atoms with van der Waals surface area (Å²) in [6.07, 6.45) is 8.12. The maximum atomic E-state index is 6.16. The van der Waals surface area contributed by atoms with Crippen molar-refractivity contribution in [2.45, 2.75) is 45.6 Å². The van der Waals surface area contributed by atoms with E-state index in [1.54, 1.807) is 11.3 Å². The van der Waals surface area contributed by atoms with Crippen LogP contribution >= 0.6 is 11.3 Å². The van der Waals surface area contributed by atoms with Gasteiger partial charge in [0.15, 0.2) is 0 Å². The van der Waals surface area contributed by atoms with E-state index in [2.05, 4.69) is 58.1 Å². The van der Waals surface area contributed by atoms with Gasteiger partial charge in [-0.05, 0) is 111 Å². The summed E-state index contributed by atoms with van der Waals surface area (Å²) in [5.74, 6) is 0.698. The number of benzene rings is 2. The van der Waals surface area contributed by atoms with Crippen molar-refractivity contribution in [2.24, 2.45) is 0 Å². The molecule has 0 atom stereocenters. The largest absolute Gasteiger partial charge is 0.476 e. The van der Waals surface area contributed by atoms with Crippen LogP contribution in [0.3, 0.4) is 0 Å². The molecule has 0 amide bonds. The fraction of sp³-hybridized carbons (Fsp3) is 0.406. The summed E-state index contributed by atoms with van der Waals surface area (Å²) in [5, 5.41) is 1.28. The molecule has 0 aliphatic carbocycles. The van der Waals surface area contributed by atoms with Crippen LogP contribution in [0, 0.1) is 6.92 Å². The number of anilines is 1. The lowest BCUT2D eigenvalue weighted by Gasteiger charge is -2.17. The second-order valence-corrected chi connectivity index (χ2v) is 11.9. The summed E-state index contributed by atoms with van der Waals surface area (Å²) in [6, 6.07) is 17.5. The third-order valence-corrected chi connectivity index (χ3v) is 9.30. The van der Waals surface area contributed by atoms with Crippen molar-refractivity contribution < 1.29 is 4.74 Å². The summed E-state index contributed by atoms with van der Waals surface area (Å²) in [6.45, 7) is 9.82. The molecule has 0 radical (unpaired) electrons. The van der Waals surface area contributed by atoms with Crippen LogP contribution in [-0.2, 0) is 13.0 Å². The molecule has 4 heterocycles. The maximum Gasteiger partial charge on any atom is 0.213 e. The van der Waals surface area contributed by atoms with Gasteiger partial charge in [-0.2, -0.15) is 0 Å². The van der Waals surface area contributed by atoms with Crippen molar-refractivity contribution in [1.82, 2.24) is 14.8 Å². The van der Waals surface area contributed by atoms with E-state index >= 15 is 0 Å². The molecule has 2 N–H and O–H groups in total. The fourth-order valence-corrected chi connectivity index (χ4v) is 7.15. The minimum atomic E-state index is 0.687. The average Bonchev–Trinajstić information content (AvgIpc) is 3.69. The number of ether oxygens (including phenoxy) is 1. The van der Waals surface area contributed by atoms with Crippen LogP contribution in [0.25, 0.3) is 20.5 Å². The van der Waals surface area contributed by atoms with Crippen LogP contribution in [0.4, 0.5) is 5.69 Å². The first-order valence-electron chi connectivity index (χ1n) is 14.1. The molecule has 4 aromatic rings. The molecular formula is C32H38N4OS. The molecule has 0 unspecified atom stereocenters. The molecule has 0 bridgehead atoms. The molecule has 2 aromatic heterocycles. The molecule has 0 saturated carbocycles. The summed E-state index contributed by atoms with van der Waals surface area (Å²) >= 11 is 1.81. The van der Waals surface area contributed by atoms with Crippen molar-refractivity contribution in [1.29, 1.82) is 0 Å². The van der Waals surface area contributed by atoms with E-state index in [9.17, 15) is 0 Å². The van der Waals surface area contributed by atoms with Gasteiger partial charge in [0, 0.05) is 46.2 Å². The van der Waals surface area contributed by atoms with E-state index in [0.717, 1.165) is 30.8 Å². The highest BCUT2D eigenvalue weighted by atomic mass is 32.1. The lowest BCUT2D eigenvalue weighted by atomic mass is 9.96. The molecule has 5 nitrogen and oxygen atoms in total. The van der Waals surface area contributed by atoms with Gasteiger partial charge in [-0.1, -0.05) is 24.3 Å². The highest BCUT2D eigenvalue weighted by molar-refractivity contribution is 7.22. The highest BCUT2D eigenvalue weighted by Gasteiger charge is 2.17. The van der Waals surface area contributed by atoms with Crippen LogP contribution < -0.4 is 10.5 Å². The van der Waals surface area contributed by atoms with Gasteiger partial charge in [-0.15, -0.1) is 11.3 Å². The van der Waals surface area contributed by atoms with Crippen LogP contribution in [-0.4, -0.2) is 54.1 Å². The molecule has 2 saturated heterocycles. The highest BCUT2D eigenvalue weighted by Crippen LogP contribution is 2.41. The van der Waals surface area contributed by atoms with Crippen LogP contribution in [0.15, 0.2) is 54.7 Å². The Kier molecular flexibility index (Phi) is 7.63. The summed E-state index contributed by atoms with van der Waals surface area (Å²) in [5.41, 5.74) is 13.6. The van der Waals surface area contributed by atoms with E-state index in [4.69, 9.17) is 10.5 Å². The van der Waals surface area contributed by atoms with Crippen molar-refractivity contribution >= 4 is 27.1 Å². The Morgan fingerprint density at radius 3 is 2.45 bits per heavy atom. The SMILES string of the molecule is Cc1cc(Cc2c(-c3ccc(OCCN4CCCC4)nc3)sc3cc(N)ccc23)ccc1CN1CCCC1. The third-order valence-electron chi connectivity index (χ3n) is 8.05. The lowest BCUT2D eigenvalue weighted by molar-refractivity contribution is 0.232. The van der Waals surface area contributed by atoms with Gasteiger partial charge < -0.3 is 10.5 Å². The standard InChI is InChI=1S/C32H38N4OS/c1-23-18-24(6-7-26(23)22-36-14-4-5-15-36)19-29-28-10-9-27(33)20-30(28)38-32(29)25-8-11-31(34-21-25)37-17-16-35-12-2-3-13-35/h6-11,18,20-21H,2-5,12-17,19,22,33H2,1H3. The summed E-state index contributed by atoms with van der Waals surface area (Å²) in [4.78, 5) is 11.0. The molecular weight excluding hydrogens is 488 g/mol. The Balaban J connectivity index is 1.23. The molecule has 0 spiro atoms. The topological polar surface area (TPSA) is 54.6 Å². The Bertz CT molecular complexity index is 1380. The predicted molar refractivity (Wildman–Crippen MR) is 159 cm³/mol. The Morgan fingerprint density at radius 2 is 1.71 bits per heavy atom. The number of nitrogens with zero attached hydrogens (tertiary/aromatic N) is 3. The first-order valence-corrected chi connectivity index (χ1v) is 14.9. The zero-order valence-corrected chi connectivity index (χ0v) is 23.2. The number of aryl methyl sites for hydroxylation is 1. The van der Waals surface area contributed by atoms with Gasteiger partial charge in [0.05, 0.1) is 0 Å². The fourth-order valence-electron chi connectivity index (χ4n) is 5.89. The Morgan fingerprint density at radius 1 is 0.921 bits per heavy atom. The quantitative estimate of drug-likeness (QED) is 0.252. The molecule has 6 heteroatoms. The minimum absolute atomic E-state index is 0.687. The maximum absolute atomic E-state index is 6.16. The Labute approximate surface area is 230 Å². The van der Waals surface area contributed by atoms with E-state index < -0.39 is 0 Å². The zero-order valence-electron chi connectivity index (χ0n) is 22.4. The van der Waals surface area contributed by atoms with Crippen LogP contribution in [0.2, 0.25) is 0 Å². The van der Waals surface area contributed by atoms with Crippen molar-refractivity contribution in [3.8, 4) is 16.3 Å². The van der Waals surface area contributed by atoms with Gasteiger partial charge >= 0.3 is 0 Å². The Hall–Kier alpha value is -2.93. The number of nitrogen functional groups attached to an aromatic ring is 1. The number of hydrogen-bond donors (Lipinski definition) is 1. The van der Waals surface area contributed by atoms with Gasteiger partial charge in [-0.25, -0.2) is 4.98 Å². The van der Waals surface area contributed by atoms with Gasteiger partial charge in [0.1, 0.15) is 6.61 Å². The monoisotopic (exact) mass is 526 g/mol. The van der Waals surface area contributed by atoms with Crippen molar-refractivity contribution in [3.05, 3.63) is 77.0 Å². The number of fused-ring (bicyclic) bond motifs is 1. The summed E-state index contributed by atoms with van der Waals surface area (Å²) < 4.78 is 7.19. The number of pyridine rings is 1. The van der Waals surface area contributed by atoms with Gasteiger partial charge in [-0.3, -0.25) is 9.80 Å². The normalized spacial score (nSPS) is 16.6. The van der Waals surface area contributed by atoms with E-state index in [-0.39, 0.29) is 0 Å². The van der Waals surface area contributed by atoms with Crippen LogP contribution in [0.1, 0.15) is 47.9 Å². The number of hydrogen-bond acceptors (Lipinski definition) is 6. The second-order valence-electron chi connectivity index (χ2n) is 10.9. The number of nitrogens with two attached hydrogens (primary N) is 1. The predicted octanol–water partition coefficient (Wildman–Crippen LogP) is 6.52. The smallest absolute Gasteiger partial charge is 0.213 e. The van der Waals surface area contributed by atoms with Crippen LogP contribution in [0.5, 0.6) is 5.88 Å². The number of aromatic nitrogens is 1. The average molecular weight is 527 g/mol. The molecule has 6 rings (SSSR count). The molecule has 2 aromatic carbocycles.